The molecule has 0 bridgehead atoms. The zero-order chi connectivity index (χ0) is 14.9. The van der Waals surface area contributed by atoms with Crippen LogP contribution in [0.15, 0.2) is 29.6 Å². The average molecular weight is 378 g/mol. The molecule has 2 aromatic rings. The summed E-state index contributed by atoms with van der Waals surface area (Å²) in [7, 11) is 0. The first-order valence-electron chi connectivity index (χ1n) is 7.21. The largest absolute Gasteiger partial charge is 0.330 e. The number of rotatable bonds is 4. The molecule has 128 valence electrons. The highest BCUT2D eigenvalue weighted by atomic mass is 35.5. The molecule has 0 radical (unpaired) electrons. The molecule has 2 heterocycles. The summed E-state index contributed by atoms with van der Waals surface area (Å²) < 4.78 is 13.8. The predicted octanol–water partition coefficient (Wildman–Crippen LogP) is 3.96. The van der Waals surface area contributed by atoms with Crippen LogP contribution in [0.2, 0.25) is 0 Å². The minimum Gasteiger partial charge on any atom is -0.330 e. The molecule has 1 fully saturated rings. The lowest BCUT2D eigenvalue weighted by atomic mass is 9.90. The molecule has 2 N–H and O–H groups in total. The molecular formula is C16H22Cl2FN3S. The molecule has 3 nitrogen and oxygen atoms in total. The van der Waals surface area contributed by atoms with Gasteiger partial charge in [0, 0.05) is 24.0 Å². The van der Waals surface area contributed by atoms with Crippen molar-refractivity contribution in [1.82, 2.24) is 9.88 Å². The number of likely N-dealkylation sites (tertiary alicyclic amines) is 1. The van der Waals surface area contributed by atoms with E-state index in [2.05, 4.69) is 16.8 Å². The quantitative estimate of drug-likeness (QED) is 0.876. The van der Waals surface area contributed by atoms with Gasteiger partial charge in [-0.1, -0.05) is 19.1 Å². The SMILES string of the molecule is CC1(CN)CCN(Cc2csc(-c3ccccc3F)n2)C1.Cl.Cl. The van der Waals surface area contributed by atoms with Crippen molar-refractivity contribution in [3.63, 3.8) is 0 Å². The van der Waals surface area contributed by atoms with E-state index in [9.17, 15) is 4.39 Å². The minimum atomic E-state index is -0.213. The molecule has 1 aliphatic rings. The van der Waals surface area contributed by atoms with Crippen LogP contribution in [0.4, 0.5) is 4.39 Å². The van der Waals surface area contributed by atoms with Crippen molar-refractivity contribution < 1.29 is 4.39 Å². The van der Waals surface area contributed by atoms with Gasteiger partial charge in [-0.25, -0.2) is 9.37 Å². The van der Waals surface area contributed by atoms with E-state index < -0.39 is 0 Å². The number of halogens is 3. The summed E-state index contributed by atoms with van der Waals surface area (Å²) in [5, 5.41) is 2.78. The van der Waals surface area contributed by atoms with Gasteiger partial charge in [0.25, 0.3) is 0 Å². The van der Waals surface area contributed by atoms with Crippen LogP contribution in [0.3, 0.4) is 0 Å². The van der Waals surface area contributed by atoms with E-state index in [0.29, 0.717) is 5.56 Å². The smallest absolute Gasteiger partial charge is 0.133 e. The Hall–Kier alpha value is -0.720. The van der Waals surface area contributed by atoms with E-state index in [4.69, 9.17) is 5.73 Å². The maximum Gasteiger partial charge on any atom is 0.133 e. The van der Waals surface area contributed by atoms with E-state index >= 15 is 0 Å². The number of benzene rings is 1. The molecular weight excluding hydrogens is 356 g/mol. The van der Waals surface area contributed by atoms with Gasteiger partial charge in [-0.15, -0.1) is 36.2 Å². The summed E-state index contributed by atoms with van der Waals surface area (Å²) in [6, 6.07) is 6.79. The van der Waals surface area contributed by atoms with Crippen molar-refractivity contribution in [2.75, 3.05) is 19.6 Å². The maximum atomic E-state index is 13.8. The fraction of sp³-hybridized carbons (Fsp3) is 0.438. The topological polar surface area (TPSA) is 42.1 Å². The number of hydrogen-bond donors (Lipinski definition) is 1. The molecule has 1 atom stereocenters. The highest BCUT2D eigenvalue weighted by molar-refractivity contribution is 7.13. The Morgan fingerprint density at radius 1 is 1.35 bits per heavy atom. The number of thiazole rings is 1. The molecule has 7 heteroatoms. The van der Waals surface area contributed by atoms with Crippen molar-refractivity contribution >= 4 is 36.2 Å². The first-order valence-corrected chi connectivity index (χ1v) is 8.09. The van der Waals surface area contributed by atoms with Gasteiger partial charge in [-0.05, 0) is 37.1 Å². The summed E-state index contributed by atoms with van der Waals surface area (Å²) in [6.45, 7) is 5.84. The average Bonchev–Trinajstić information content (AvgIpc) is 3.08. The summed E-state index contributed by atoms with van der Waals surface area (Å²) in [6.07, 6.45) is 1.13. The molecule has 0 amide bonds. The summed E-state index contributed by atoms with van der Waals surface area (Å²) >= 11 is 1.50. The van der Waals surface area contributed by atoms with Crippen LogP contribution < -0.4 is 5.73 Å². The van der Waals surface area contributed by atoms with E-state index in [1.165, 1.54) is 17.4 Å². The second-order valence-electron chi connectivity index (χ2n) is 6.10. The second kappa shape index (κ2) is 8.40. The number of hydrogen-bond acceptors (Lipinski definition) is 4. The molecule has 0 saturated carbocycles. The van der Waals surface area contributed by atoms with Gasteiger partial charge >= 0.3 is 0 Å². The Morgan fingerprint density at radius 2 is 2.09 bits per heavy atom. The molecule has 23 heavy (non-hydrogen) atoms. The van der Waals surface area contributed by atoms with E-state index in [1.807, 2.05) is 11.4 Å². The van der Waals surface area contributed by atoms with Gasteiger partial charge in [-0.3, -0.25) is 4.90 Å². The zero-order valence-electron chi connectivity index (χ0n) is 13.0. The number of nitrogens with zero attached hydrogens (tertiary/aromatic N) is 2. The van der Waals surface area contributed by atoms with Crippen molar-refractivity contribution in [2.45, 2.75) is 19.9 Å². The number of nitrogens with two attached hydrogens (primary N) is 1. The summed E-state index contributed by atoms with van der Waals surface area (Å²) in [4.78, 5) is 6.97. The van der Waals surface area contributed by atoms with Gasteiger partial charge < -0.3 is 5.73 Å². The molecule has 0 aliphatic carbocycles. The zero-order valence-corrected chi connectivity index (χ0v) is 15.4. The van der Waals surface area contributed by atoms with E-state index in [-0.39, 0.29) is 36.0 Å². The molecule has 1 saturated heterocycles. The van der Waals surface area contributed by atoms with Crippen molar-refractivity contribution in [3.8, 4) is 10.6 Å². The third kappa shape index (κ3) is 4.64. The van der Waals surface area contributed by atoms with Crippen LogP contribution >= 0.6 is 36.2 Å². The van der Waals surface area contributed by atoms with Crippen molar-refractivity contribution in [1.29, 1.82) is 0 Å². The molecule has 1 aromatic heterocycles. The van der Waals surface area contributed by atoms with Crippen LogP contribution in [0.1, 0.15) is 19.0 Å². The fourth-order valence-corrected chi connectivity index (χ4v) is 3.63. The monoisotopic (exact) mass is 377 g/mol. The van der Waals surface area contributed by atoms with Gasteiger partial charge in [0.2, 0.25) is 0 Å². The standard InChI is InChI=1S/C16H20FN3S.2ClH/c1-16(10-18)6-7-20(11-16)8-12-9-21-15(19-12)13-4-2-3-5-14(13)17;;/h2-5,9H,6-8,10-11,18H2,1H3;2*1H. The van der Waals surface area contributed by atoms with Crippen molar-refractivity contribution in [2.24, 2.45) is 11.1 Å². The highest BCUT2D eigenvalue weighted by Crippen LogP contribution is 2.31. The summed E-state index contributed by atoms with van der Waals surface area (Å²) in [5.41, 5.74) is 7.66. The summed E-state index contributed by atoms with van der Waals surface area (Å²) in [5.74, 6) is -0.213. The van der Waals surface area contributed by atoms with E-state index in [1.54, 1.807) is 12.1 Å². The lowest BCUT2D eigenvalue weighted by Gasteiger charge is -2.22. The maximum absolute atomic E-state index is 13.8. The normalized spacial score (nSPS) is 20.8. The van der Waals surface area contributed by atoms with Crippen LogP contribution in [0.25, 0.3) is 10.6 Å². The van der Waals surface area contributed by atoms with Crippen LogP contribution in [0.5, 0.6) is 0 Å². The Bertz CT molecular complexity index is 637. The first-order chi connectivity index (χ1) is 10.1. The fourth-order valence-electron chi connectivity index (χ4n) is 2.79. The molecule has 1 unspecified atom stereocenters. The molecule has 0 spiro atoms. The third-order valence-corrected chi connectivity index (χ3v) is 5.10. The Labute approximate surface area is 152 Å². The van der Waals surface area contributed by atoms with Gasteiger partial charge in [0.05, 0.1) is 5.69 Å². The number of aromatic nitrogens is 1. The van der Waals surface area contributed by atoms with Crippen LogP contribution in [-0.4, -0.2) is 29.5 Å². The Kier molecular flexibility index (Phi) is 7.42. The first kappa shape index (κ1) is 20.3. The van der Waals surface area contributed by atoms with Crippen molar-refractivity contribution in [3.05, 3.63) is 41.2 Å². The Morgan fingerprint density at radius 3 is 2.74 bits per heavy atom. The van der Waals surface area contributed by atoms with Gasteiger partial charge in [0.15, 0.2) is 0 Å². The molecule has 1 aliphatic heterocycles. The Balaban J connectivity index is 0.00000132. The predicted molar refractivity (Wildman–Crippen MR) is 99.1 cm³/mol. The molecule has 1 aromatic carbocycles. The van der Waals surface area contributed by atoms with Crippen LogP contribution in [0, 0.1) is 11.2 Å². The van der Waals surface area contributed by atoms with E-state index in [0.717, 1.165) is 43.3 Å². The van der Waals surface area contributed by atoms with Gasteiger partial charge in [-0.2, -0.15) is 0 Å². The lowest BCUT2D eigenvalue weighted by Crippen LogP contribution is -2.31. The third-order valence-electron chi connectivity index (χ3n) is 4.17. The highest BCUT2D eigenvalue weighted by Gasteiger charge is 2.32. The molecule has 3 rings (SSSR count). The van der Waals surface area contributed by atoms with Crippen LogP contribution in [-0.2, 0) is 6.54 Å². The second-order valence-corrected chi connectivity index (χ2v) is 6.96. The van der Waals surface area contributed by atoms with Gasteiger partial charge in [0.1, 0.15) is 10.8 Å². The minimum absolute atomic E-state index is 0. The lowest BCUT2D eigenvalue weighted by molar-refractivity contribution is 0.272.